The molecule has 2 aliphatic rings. The zero-order valence-electron chi connectivity index (χ0n) is 17.0. The van der Waals surface area contributed by atoms with Crippen LogP contribution in [0.4, 0.5) is 14.9 Å². The van der Waals surface area contributed by atoms with Gasteiger partial charge in [0.15, 0.2) is 0 Å². The van der Waals surface area contributed by atoms with Gasteiger partial charge < -0.3 is 15.0 Å². The number of anilines is 1. The van der Waals surface area contributed by atoms with E-state index in [0.717, 1.165) is 17.0 Å². The van der Waals surface area contributed by atoms with Gasteiger partial charge in [-0.2, -0.15) is 0 Å². The van der Waals surface area contributed by atoms with Crippen LogP contribution in [-0.4, -0.2) is 42.6 Å². The van der Waals surface area contributed by atoms with Gasteiger partial charge in [-0.3, -0.25) is 9.69 Å². The van der Waals surface area contributed by atoms with E-state index < -0.39 is 0 Å². The first kappa shape index (κ1) is 20.2. The summed E-state index contributed by atoms with van der Waals surface area (Å²) in [6.07, 6.45) is 1.18. The van der Waals surface area contributed by atoms with Crippen LogP contribution in [0.1, 0.15) is 25.3 Å². The number of hydrogen-bond acceptors (Lipinski definition) is 3. The molecule has 0 spiro atoms. The standard InChI is InChI=1S/C23H26FN3O3/c1-16-15-27(20-4-2-3-5-21(20)30-16)23(29)26-12-10-18(11-13-26)22(28)25-14-17-6-8-19(24)9-7-17/h2-9,16,18H,10-15H2,1H3,(H,25,28)/t16-/m1/s1. The van der Waals surface area contributed by atoms with Crippen molar-refractivity contribution in [2.75, 3.05) is 24.5 Å². The lowest BCUT2D eigenvalue weighted by atomic mass is 9.96. The van der Waals surface area contributed by atoms with Crippen molar-refractivity contribution >= 4 is 17.6 Å². The van der Waals surface area contributed by atoms with Crippen molar-refractivity contribution in [1.82, 2.24) is 10.2 Å². The largest absolute Gasteiger partial charge is 0.487 e. The second-order valence-electron chi connectivity index (χ2n) is 7.89. The van der Waals surface area contributed by atoms with E-state index in [2.05, 4.69) is 5.32 Å². The number of piperidine rings is 1. The Morgan fingerprint density at radius 2 is 1.80 bits per heavy atom. The molecule has 0 unspecified atom stereocenters. The normalized spacial score (nSPS) is 19.1. The maximum absolute atomic E-state index is 13.1. The topological polar surface area (TPSA) is 61.9 Å². The monoisotopic (exact) mass is 411 g/mol. The first-order valence-electron chi connectivity index (χ1n) is 10.4. The SMILES string of the molecule is C[C@@H]1CN(C(=O)N2CCC(C(=O)NCc3ccc(F)cc3)CC2)c2ccccc2O1. The maximum Gasteiger partial charge on any atom is 0.324 e. The van der Waals surface area contributed by atoms with E-state index in [9.17, 15) is 14.0 Å². The van der Waals surface area contributed by atoms with Crippen LogP contribution in [0.15, 0.2) is 48.5 Å². The van der Waals surface area contributed by atoms with Crippen molar-refractivity contribution < 1.29 is 18.7 Å². The molecule has 1 saturated heterocycles. The van der Waals surface area contributed by atoms with Crippen molar-refractivity contribution in [2.24, 2.45) is 5.92 Å². The van der Waals surface area contributed by atoms with Gasteiger partial charge in [0.05, 0.1) is 12.2 Å². The number of fused-ring (bicyclic) bond motifs is 1. The first-order chi connectivity index (χ1) is 14.5. The van der Waals surface area contributed by atoms with Gasteiger partial charge >= 0.3 is 6.03 Å². The molecule has 2 aromatic carbocycles. The number of likely N-dealkylation sites (tertiary alicyclic amines) is 1. The van der Waals surface area contributed by atoms with Crippen LogP contribution < -0.4 is 15.0 Å². The molecule has 0 aromatic heterocycles. The second kappa shape index (κ2) is 8.73. The summed E-state index contributed by atoms with van der Waals surface area (Å²) in [5.41, 5.74) is 1.65. The molecule has 0 aliphatic carbocycles. The predicted octanol–water partition coefficient (Wildman–Crippen LogP) is 3.56. The first-order valence-corrected chi connectivity index (χ1v) is 10.4. The Morgan fingerprint density at radius 1 is 1.10 bits per heavy atom. The van der Waals surface area contributed by atoms with Crippen LogP contribution in [0.2, 0.25) is 0 Å². The van der Waals surface area contributed by atoms with Gasteiger partial charge in [0.1, 0.15) is 17.7 Å². The fourth-order valence-electron chi connectivity index (χ4n) is 4.01. The third-order valence-corrected chi connectivity index (χ3v) is 5.67. The third-order valence-electron chi connectivity index (χ3n) is 5.67. The molecule has 1 N–H and O–H groups in total. The Morgan fingerprint density at radius 3 is 2.53 bits per heavy atom. The van der Waals surface area contributed by atoms with Gasteiger partial charge in [-0.05, 0) is 49.6 Å². The third kappa shape index (κ3) is 4.40. The van der Waals surface area contributed by atoms with Gasteiger partial charge in [0, 0.05) is 25.6 Å². The molecule has 3 amide bonds. The summed E-state index contributed by atoms with van der Waals surface area (Å²) in [5, 5.41) is 2.92. The second-order valence-corrected chi connectivity index (χ2v) is 7.89. The van der Waals surface area contributed by atoms with Crippen LogP contribution in [0, 0.1) is 11.7 Å². The average Bonchev–Trinajstić information content (AvgIpc) is 2.77. The van der Waals surface area contributed by atoms with E-state index >= 15 is 0 Å². The molecule has 4 rings (SSSR count). The molecular weight excluding hydrogens is 385 g/mol. The van der Waals surface area contributed by atoms with Crippen molar-refractivity contribution in [3.05, 3.63) is 59.9 Å². The van der Waals surface area contributed by atoms with Crippen molar-refractivity contribution in [1.29, 1.82) is 0 Å². The zero-order chi connectivity index (χ0) is 21.1. The summed E-state index contributed by atoms with van der Waals surface area (Å²) in [7, 11) is 0. The quantitative estimate of drug-likeness (QED) is 0.840. The smallest absolute Gasteiger partial charge is 0.324 e. The summed E-state index contributed by atoms with van der Waals surface area (Å²) in [5.74, 6) is 0.293. The predicted molar refractivity (Wildman–Crippen MR) is 112 cm³/mol. The van der Waals surface area contributed by atoms with Gasteiger partial charge in [0.25, 0.3) is 0 Å². The molecular formula is C23H26FN3O3. The Bertz CT molecular complexity index is 910. The number of hydrogen-bond donors (Lipinski definition) is 1. The number of nitrogens with one attached hydrogen (secondary N) is 1. The summed E-state index contributed by atoms with van der Waals surface area (Å²) in [6, 6.07) is 13.6. The van der Waals surface area contributed by atoms with Crippen molar-refractivity contribution in [3.63, 3.8) is 0 Å². The van der Waals surface area contributed by atoms with E-state index in [1.54, 1.807) is 17.0 Å². The number of benzene rings is 2. The molecule has 2 aliphatic heterocycles. The lowest BCUT2D eigenvalue weighted by molar-refractivity contribution is -0.126. The van der Waals surface area contributed by atoms with E-state index in [1.165, 1.54) is 12.1 Å². The Balaban J connectivity index is 1.31. The molecule has 2 aromatic rings. The number of halogens is 1. The molecule has 7 heteroatoms. The summed E-state index contributed by atoms with van der Waals surface area (Å²) in [4.78, 5) is 29.2. The fraction of sp³-hybridized carbons (Fsp3) is 0.391. The average molecular weight is 411 g/mol. The van der Waals surface area contributed by atoms with Crippen LogP contribution in [0.25, 0.3) is 0 Å². The fourth-order valence-corrected chi connectivity index (χ4v) is 4.01. The van der Waals surface area contributed by atoms with Gasteiger partial charge in [-0.15, -0.1) is 0 Å². The van der Waals surface area contributed by atoms with E-state index in [1.807, 2.05) is 36.1 Å². The minimum atomic E-state index is -0.292. The number of carbonyl (C=O) groups excluding carboxylic acids is 2. The van der Waals surface area contributed by atoms with Crippen molar-refractivity contribution in [2.45, 2.75) is 32.4 Å². The van der Waals surface area contributed by atoms with E-state index in [0.29, 0.717) is 39.0 Å². The van der Waals surface area contributed by atoms with E-state index in [4.69, 9.17) is 4.74 Å². The summed E-state index contributed by atoms with van der Waals surface area (Å²) < 4.78 is 18.8. The Labute approximate surface area is 175 Å². The molecule has 6 nitrogen and oxygen atoms in total. The minimum Gasteiger partial charge on any atom is -0.487 e. The lowest BCUT2D eigenvalue weighted by Gasteiger charge is -2.39. The molecule has 30 heavy (non-hydrogen) atoms. The van der Waals surface area contributed by atoms with Gasteiger partial charge in [-0.1, -0.05) is 24.3 Å². The number of carbonyl (C=O) groups is 2. The zero-order valence-corrected chi connectivity index (χ0v) is 17.0. The molecule has 0 radical (unpaired) electrons. The molecule has 0 bridgehead atoms. The van der Waals surface area contributed by atoms with Crippen LogP contribution in [-0.2, 0) is 11.3 Å². The number of para-hydroxylation sites is 2. The van der Waals surface area contributed by atoms with Crippen LogP contribution >= 0.6 is 0 Å². The van der Waals surface area contributed by atoms with E-state index in [-0.39, 0.29) is 29.8 Å². The highest BCUT2D eigenvalue weighted by molar-refractivity contribution is 5.94. The highest BCUT2D eigenvalue weighted by atomic mass is 19.1. The molecule has 1 atom stereocenters. The molecule has 1 fully saturated rings. The molecule has 0 saturated carbocycles. The molecule has 2 heterocycles. The van der Waals surface area contributed by atoms with Crippen molar-refractivity contribution in [3.8, 4) is 5.75 Å². The highest BCUT2D eigenvalue weighted by Crippen LogP contribution is 2.34. The van der Waals surface area contributed by atoms with Crippen LogP contribution in [0.3, 0.4) is 0 Å². The van der Waals surface area contributed by atoms with Gasteiger partial charge in [-0.25, -0.2) is 9.18 Å². The number of nitrogens with zero attached hydrogens (tertiary/aromatic N) is 2. The highest BCUT2D eigenvalue weighted by Gasteiger charge is 2.33. The maximum atomic E-state index is 13.1. The minimum absolute atomic E-state index is 0.0169. The number of urea groups is 1. The van der Waals surface area contributed by atoms with Crippen LogP contribution in [0.5, 0.6) is 5.75 Å². The Hall–Kier alpha value is -3.09. The summed E-state index contributed by atoms with van der Waals surface area (Å²) >= 11 is 0. The number of ether oxygens (including phenoxy) is 1. The van der Waals surface area contributed by atoms with Gasteiger partial charge in [0.2, 0.25) is 5.91 Å². The lowest BCUT2D eigenvalue weighted by Crippen LogP contribution is -2.52. The number of amides is 3. The number of rotatable bonds is 3. The Kier molecular flexibility index (Phi) is 5.88. The molecule has 158 valence electrons. The summed E-state index contributed by atoms with van der Waals surface area (Å²) in [6.45, 7) is 3.92.